The minimum absolute atomic E-state index is 0.0864. The van der Waals surface area contributed by atoms with Gasteiger partial charge in [-0.3, -0.25) is 14.5 Å². The maximum atomic E-state index is 13.2. The minimum atomic E-state index is -0.220. The van der Waals surface area contributed by atoms with Crippen LogP contribution in [0.3, 0.4) is 0 Å². The van der Waals surface area contributed by atoms with Gasteiger partial charge < -0.3 is 14.8 Å². The summed E-state index contributed by atoms with van der Waals surface area (Å²) < 4.78 is 11.6. The lowest BCUT2D eigenvalue weighted by atomic mass is 10.2. The molecule has 3 aromatic rings. The summed E-state index contributed by atoms with van der Waals surface area (Å²) in [6, 6.07) is 24.2. The van der Waals surface area contributed by atoms with E-state index < -0.39 is 0 Å². The van der Waals surface area contributed by atoms with E-state index in [0.717, 1.165) is 16.9 Å². The number of anilines is 2. The van der Waals surface area contributed by atoms with Crippen LogP contribution in [-0.4, -0.2) is 42.2 Å². The van der Waals surface area contributed by atoms with Gasteiger partial charge in [-0.15, -0.1) is 5.10 Å². The zero-order valence-electron chi connectivity index (χ0n) is 19.1. The fraction of sp³-hybridized carbons (Fsp3) is 0.154. The normalized spacial score (nSPS) is 14.2. The van der Waals surface area contributed by atoms with Crippen LogP contribution in [0.2, 0.25) is 0 Å². The van der Waals surface area contributed by atoms with E-state index in [1.807, 2.05) is 67.6 Å². The van der Waals surface area contributed by atoms with Gasteiger partial charge in [0.05, 0.1) is 18.6 Å². The molecule has 1 aliphatic rings. The molecule has 0 saturated carbocycles. The molecule has 1 aliphatic heterocycles. The Kier molecular flexibility index (Phi) is 8.13. The van der Waals surface area contributed by atoms with E-state index in [9.17, 15) is 9.59 Å². The van der Waals surface area contributed by atoms with E-state index in [4.69, 9.17) is 9.47 Å². The largest absolute Gasteiger partial charge is 0.490 e. The quantitative estimate of drug-likeness (QED) is 0.356. The molecule has 0 bridgehead atoms. The Hall–Kier alpha value is -4.11. The molecule has 1 heterocycles. The Bertz CT molecular complexity index is 1190. The standard InChI is InChI=1S/C26H24N4O4S/c1-2-33-23-15-19(16-27-29-26-28-24(31)18-35-26)13-14-22(23)34-17-25(32)30(20-9-5-3-6-10-20)21-11-7-4-8-12-21/h3-16H,2,17-18H2,1H3,(H,28,29,31). The molecular weight excluding hydrogens is 464 g/mol. The molecule has 35 heavy (non-hydrogen) atoms. The summed E-state index contributed by atoms with van der Waals surface area (Å²) in [5.41, 5.74) is 2.24. The lowest BCUT2D eigenvalue weighted by Gasteiger charge is -2.23. The van der Waals surface area contributed by atoms with Crippen LogP contribution in [0.1, 0.15) is 12.5 Å². The average Bonchev–Trinajstić information content (AvgIpc) is 3.30. The number of benzene rings is 3. The number of ether oxygens (including phenoxy) is 2. The van der Waals surface area contributed by atoms with Gasteiger partial charge in [0.25, 0.3) is 5.91 Å². The maximum absolute atomic E-state index is 13.2. The van der Waals surface area contributed by atoms with Crippen molar-refractivity contribution in [3.63, 3.8) is 0 Å². The highest BCUT2D eigenvalue weighted by Crippen LogP contribution is 2.29. The monoisotopic (exact) mass is 488 g/mol. The molecule has 1 fully saturated rings. The lowest BCUT2D eigenvalue weighted by Crippen LogP contribution is -2.31. The number of hydrogen-bond acceptors (Lipinski definition) is 7. The van der Waals surface area contributed by atoms with E-state index in [1.165, 1.54) is 11.8 Å². The summed E-state index contributed by atoms with van der Waals surface area (Å²) in [5, 5.41) is 11.1. The topological polar surface area (TPSA) is 92.6 Å². The van der Waals surface area contributed by atoms with Gasteiger partial charge in [0.1, 0.15) is 0 Å². The van der Waals surface area contributed by atoms with E-state index in [1.54, 1.807) is 29.3 Å². The molecule has 0 aromatic heterocycles. The fourth-order valence-electron chi connectivity index (χ4n) is 3.31. The molecule has 1 saturated heterocycles. The predicted molar refractivity (Wildman–Crippen MR) is 139 cm³/mol. The van der Waals surface area contributed by atoms with Crippen molar-refractivity contribution in [1.29, 1.82) is 0 Å². The first-order valence-corrected chi connectivity index (χ1v) is 12.0. The van der Waals surface area contributed by atoms with Crippen molar-refractivity contribution in [2.24, 2.45) is 10.2 Å². The summed E-state index contributed by atoms with van der Waals surface area (Å²) in [5.74, 6) is 0.980. The van der Waals surface area contributed by atoms with Crippen molar-refractivity contribution in [1.82, 2.24) is 5.32 Å². The first-order chi connectivity index (χ1) is 17.1. The fourth-order valence-corrected chi connectivity index (χ4v) is 3.95. The summed E-state index contributed by atoms with van der Waals surface area (Å²) in [4.78, 5) is 26.1. The van der Waals surface area contributed by atoms with Crippen LogP contribution >= 0.6 is 11.8 Å². The number of hydrogen-bond donors (Lipinski definition) is 1. The second kappa shape index (κ2) is 11.8. The Labute approximate surface area is 207 Å². The van der Waals surface area contributed by atoms with Crippen LogP contribution in [0.5, 0.6) is 11.5 Å². The van der Waals surface area contributed by atoms with Crippen LogP contribution in [0.15, 0.2) is 89.1 Å². The summed E-state index contributed by atoms with van der Waals surface area (Å²) in [7, 11) is 0. The molecule has 3 aromatic carbocycles. The van der Waals surface area contributed by atoms with Crippen molar-refractivity contribution < 1.29 is 19.1 Å². The Morgan fingerprint density at radius 1 is 1.00 bits per heavy atom. The highest BCUT2D eigenvalue weighted by atomic mass is 32.2. The lowest BCUT2D eigenvalue weighted by molar-refractivity contribution is -0.120. The number of amides is 2. The summed E-state index contributed by atoms with van der Waals surface area (Å²) in [6.07, 6.45) is 1.56. The average molecular weight is 489 g/mol. The molecule has 2 amide bonds. The van der Waals surface area contributed by atoms with Crippen molar-refractivity contribution >= 4 is 46.3 Å². The molecule has 178 valence electrons. The maximum Gasteiger partial charge on any atom is 0.269 e. The van der Waals surface area contributed by atoms with Gasteiger partial charge >= 0.3 is 0 Å². The van der Waals surface area contributed by atoms with Crippen LogP contribution < -0.4 is 19.7 Å². The molecule has 0 spiro atoms. The van der Waals surface area contributed by atoms with Crippen LogP contribution in [0, 0.1) is 0 Å². The van der Waals surface area contributed by atoms with Gasteiger partial charge in [-0.05, 0) is 55.0 Å². The SMILES string of the molecule is CCOc1cc(C=NN=C2NC(=O)CS2)ccc1OCC(=O)N(c1ccccc1)c1ccccc1. The Balaban J connectivity index is 1.48. The molecule has 8 nitrogen and oxygen atoms in total. The summed E-state index contributed by atoms with van der Waals surface area (Å²) >= 11 is 1.30. The van der Waals surface area contributed by atoms with Crippen molar-refractivity contribution in [3.8, 4) is 11.5 Å². The molecule has 0 unspecified atom stereocenters. The third-order valence-electron chi connectivity index (χ3n) is 4.84. The van der Waals surface area contributed by atoms with Crippen molar-refractivity contribution in [3.05, 3.63) is 84.4 Å². The first kappa shape index (κ1) is 24.0. The van der Waals surface area contributed by atoms with E-state index in [2.05, 4.69) is 15.5 Å². The van der Waals surface area contributed by atoms with E-state index >= 15 is 0 Å². The van der Waals surface area contributed by atoms with Crippen molar-refractivity contribution in [2.45, 2.75) is 6.92 Å². The van der Waals surface area contributed by atoms with Crippen LogP contribution in [0.4, 0.5) is 11.4 Å². The number of amidine groups is 1. The zero-order chi connectivity index (χ0) is 24.5. The second-order valence-corrected chi connectivity index (χ2v) is 8.28. The molecule has 9 heteroatoms. The van der Waals surface area contributed by atoms with Crippen LogP contribution in [0.25, 0.3) is 0 Å². The molecular formula is C26H24N4O4S. The number of thioether (sulfide) groups is 1. The van der Waals surface area contributed by atoms with Gasteiger partial charge in [0.15, 0.2) is 23.3 Å². The number of para-hydroxylation sites is 2. The van der Waals surface area contributed by atoms with Gasteiger partial charge in [0, 0.05) is 11.4 Å². The third kappa shape index (κ3) is 6.48. The Morgan fingerprint density at radius 3 is 2.29 bits per heavy atom. The van der Waals surface area contributed by atoms with E-state index in [0.29, 0.717) is 29.0 Å². The number of carbonyl (C=O) groups excluding carboxylic acids is 2. The summed E-state index contributed by atoms with van der Waals surface area (Å²) in [6.45, 7) is 2.12. The minimum Gasteiger partial charge on any atom is -0.490 e. The first-order valence-electron chi connectivity index (χ1n) is 11.0. The molecule has 0 radical (unpaired) electrons. The van der Waals surface area contributed by atoms with Gasteiger partial charge in [-0.1, -0.05) is 48.2 Å². The number of nitrogens with one attached hydrogen (secondary N) is 1. The third-order valence-corrected chi connectivity index (χ3v) is 5.70. The molecule has 0 aliphatic carbocycles. The highest BCUT2D eigenvalue weighted by molar-refractivity contribution is 8.15. The number of rotatable bonds is 9. The van der Waals surface area contributed by atoms with E-state index in [-0.39, 0.29) is 18.4 Å². The zero-order valence-corrected chi connectivity index (χ0v) is 19.9. The molecule has 0 atom stereocenters. The highest BCUT2D eigenvalue weighted by Gasteiger charge is 2.19. The molecule has 4 rings (SSSR count). The van der Waals surface area contributed by atoms with Gasteiger partial charge in [-0.25, -0.2) is 0 Å². The number of nitrogens with zero attached hydrogens (tertiary/aromatic N) is 3. The predicted octanol–water partition coefficient (Wildman–Crippen LogP) is 4.38. The smallest absolute Gasteiger partial charge is 0.269 e. The van der Waals surface area contributed by atoms with Crippen molar-refractivity contribution in [2.75, 3.05) is 23.9 Å². The Morgan fingerprint density at radius 2 is 1.69 bits per heavy atom. The number of carbonyl (C=O) groups is 2. The molecule has 1 N–H and O–H groups in total. The van der Waals surface area contributed by atoms with Gasteiger partial charge in [-0.2, -0.15) is 5.10 Å². The van der Waals surface area contributed by atoms with Gasteiger partial charge in [0.2, 0.25) is 5.91 Å². The van der Waals surface area contributed by atoms with Crippen LogP contribution in [-0.2, 0) is 9.59 Å². The second-order valence-electron chi connectivity index (χ2n) is 7.31.